The molecule has 1 fully saturated rings. The third-order valence-corrected chi connectivity index (χ3v) is 3.74. The smallest absolute Gasteiger partial charge is 0.335 e. The van der Waals surface area contributed by atoms with E-state index in [-0.39, 0.29) is 17.4 Å². The van der Waals surface area contributed by atoms with Crippen molar-refractivity contribution in [1.29, 1.82) is 0 Å². The molecule has 0 saturated carbocycles. The summed E-state index contributed by atoms with van der Waals surface area (Å²) in [6.45, 7) is 4.23. The molecule has 5 heteroatoms. The van der Waals surface area contributed by atoms with Crippen LogP contribution in [0.4, 0.5) is 0 Å². The first kappa shape index (κ1) is 14.5. The number of hydrogen-bond acceptors (Lipinski definition) is 3. The van der Waals surface area contributed by atoms with E-state index in [4.69, 9.17) is 5.11 Å². The van der Waals surface area contributed by atoms with E-state index < -0.39 is 5.97 Å². The first-order valence-corrected chi connectivity index (χ1v) is 6.88. The number of amides is 1. The topological polar surface area (TPSA) is 78.4 Å². The summed E-state index contributed by atoms with van der Waals surface area (Å²) in [7, 11) is 0. The van der Waals surface area contributed by atoms with Gasteiger partial charge in [-0.3, -0.25) is 4.79 Å². The van der Waals surface area contributed by atoms with Gasteiger partial charge in [-0.1, -0.05) is 19.1 Å². The molecule has 1 heterocycles. The molecule has 5 nitrogen and oxygen atoms in total. The van der Waals surface area contributed by atoms with Gasteiger partial charge in [0.05, 0.1) is 11.5 Å². The highest BCUT2D eigenvalue weighted by Crippen LogP contribution is 2.15. The van der Waals surface area contributed by atoms with Gasteiger partial charge in [-0.15, -0.1) is 0 Å². The number of carboxylic acids is 1. The summed E-state index contributed by atoms with van der Waals surface area (Å²) in [5.41, 5.74) is 1.20. The van der Waals surface area contributed by atoms with Crippen LogP contribution in [0.5, 0.6) is 0 Å². The lowest BCUT2D eigenvalue weighted by Gasteiger charge is -2.14. The fourth-order valence-electron chi connectivity index (χ4n) is 2.48. The van der Waals surface area contributed by atoms with Gasteiger partial charge in [0.25, 0.3) is 0 Å². The first-order valence-electron chi connectivity index (χ1n) is 6.88. The zero-order valence-corrected chi connectivity index (χ0v) is 11.6. The van der Waals surface area contributed by atoms with Crippen molar-refractivity contribution >= 4 is 11.9 Å². The van der Waals surface area contributed by atoms with Crippen molar-refractivity contribution in [3.8, 4) is 0 Å². The van der Waals surface area contributed by atoms with Crippen LogP contribution in [0.25, 0.3) is 0 Å². The Labute approximate surface area is 118 Å². The maximum absolute atomic E-state index is 12.0. The number of hydrogen-bond donors (Lipinski definition) is 3. The molecule has 1 aromatic carbocycles. The molecule has 0 aromatic heterocycles. The maximum atomic E-state index is 12.0. The minimum atomic E-state index is -0.929. The fraction of sp³-hybridized carbons (Fsp3) is 0.467. The van der Waals surface area contributed by atoms with Crippen LogP contribution in [0, 0.1) is 11.8 Å². The van der Waals surface area contributed by atoms with Crippen LogP contribution < -0.4 is 10.6 Å². The molecule has 0 radical (unpaired) electrons. The predicted molar refractivity (Wildman–Crippen MR) is 75.6 cm³/mol. The van der Waals surface area contributed by atoms with Gasteiger partial charge < -0.3 is 15.7 Å². The van der Waals surface area contributed by atoms with E-state index in [1.807, 2.05) is 6.07 Å². The highest BCUT2D eigenvalue weighted by atomic mass is 16.4. The quantitative estimate of drug-likeness (QED) is 0.746. The highest BCUT2D eigenvalue weighted by Gasteiger charge is 2.28. The van der Waals surface area contributed by atoms with Crippen molar-refractivity contribution in [3.05, 3.63) is 35.4 Å². The van der Waals surface area contributed by atoms with E-state index >= 15 is 0 Å². The number of carbonyl (C=O) groups excluding carboxylic acids is 1. The predicted octanol–water partition coefficient (Wildman–Crippen LogP) is 0.899. The summed E-state index contributed by atoms with van der Waals surface area (Å²) in [6.07, 6.45) is 0.640. The molecule has 0 aliphatic carbocycles. The van der Waals surface area contributed by atoms with Gasteiger partial charge in [-0.25, -0.2) is 4.79 Å². The summed E-state index contributed by atoms with van der Waals surface area (Å²) < 4.78 is 0. The number of carboxylic acid groups (broad SMARTS) is 1. The molecular weight excluding hydrogens is 256 g/mol. The number of rotatable bonds is 5. The van der Waals surface area contributed by atoms with Crippen LogP contribution in [0.1, 0.15) is 22.8 Å². The summed E-state index contributed by atoms with van der Waals surface area (Å²) in [5.74, 6) is -0.440. The van der Waals surface area contributed by atoms with Gasteiger partial charge in [-0.2, -0.15) is 0 Å². The van der Waals surface area contributed by atoms with E-state index in [0.29, 0.717) is 18.9 Å². The van der Waals surface area contributed by atoms with Crippen molar-refractivity contribution in [2.24, 2.45) is 11.8 Å². The van der Waals surface area contributed by atoms with Gasteiger partial charge in [-0.05, 0) is 36.6 Å². The number of aromatic carboxylic acids is 1. The zero-order chi connectivity index (χ0) is 14.5. The molecule has 0 spiro atoms. The molecule has 1 aliphatic rings. The van der Waals surface area contributed by atoms with Crippen LogP contribution in [0.2, 0.25) is 0 Å². The Morgan fingerprint density at radius 2 is 2.20 bits per heavy atom. The van der Waals surface area contributed by atoms with E-state index in [2.05, 4.69) is 17.6 Å². The molecule has 3 N–H and O–H groups in total. The van der Waals surface area contributed by atoms with Crippen LogP contribution >= 0.6 is 0 Å². The van der Waals surface area contributed by atoms with Gasteiger partial charge in [0.2, 0.25) is 5.91 Å². The fourth-order valence-corrected chi connectivity index (χ4v) is 2.48. The molecule has 1 aromatic rings. The Hall–Kier alpha value is -1.88. The van der Waals surface area contributed by atoms with Gasteiger partial charge in [0.15, 0.2) is 0 Å². The highest BCUT2D eigenvalue weighted by molar-refractivity contribution is 5.87. The van der Waals surface area contributed by atoms with E-state index in [1.54, 1.807) is 18.2 Å². The lowest BCUT2D eigenvalue weighted by atomic mass is 9.97. The second-order valence-corrected chi connectivity index (χ2v) is 5.29. The number of benzene rings is 1. The summed E-state index contributed by atoms with van der Waals surface area (Å²) in [6, 6.07) is 6.81. The molecular formula is C15H20N2O3. The van der Waals surface area contributed by atoms with E-state index in [1.165, 1.54) is 0 Å². The molecule has 2 atom stereocenters. The first-order chi connectivity index (χ1) is 9.58. The number of carbonyl (C=O) groups is 2. The van der Waals surface area contributed by atoms with Crippen molar-refractivity contribution < 1.29 is 14.7 Å². The SMILES string of the molecule is C[C@@H]1CNC[C@H]1C(=O)NCCc1cccc(C(=O)O)c1. The Kier molecular flexibility index (Phi) is 4.74. The Bertz CT molecular complexity index is 502. The van der Waals surface area contributed by atoms with Crippen LogP contribution in [0.3, 0.4) is 0 Å². The Morgan fingerprint density at radius 1 is 1.40 bits per heavy atom. The summed E-state index contributed by atoms with van der Waals surface area (Å²) >= 11 is 0. The number of nitrogens with one attached hydrogen (secondary N) is 2. The van der Waals surface area contributed by atoms with Crippen molar-refractivity contribution in [1.82, 2.24) is 10.6 Å². The summed E-state index contributed by atoms with van der Waals surface area (Å²) in [4.78, 5) is 22.8. The molecule has 0 bridgehead atoms. The third-order valence-electron chi connectivity index (χ3n) is 3.74. The molecule has 2 rings (SSSR count). The zero-order valence-electron chi connectivity index (χ0n) is 11.6. The minimum absolute atomic E-state index is 0.0420. The lowest BCUT2D eigenvalue weighted by Crippen LogP contribution is -2.35. The second kappa shape index (κ2) is 6.52. The lowest BCUT2D eigenvalue weighted by molar-refractivity contribution is -0.125. The van der Waals surface area contributed by atoms with E-state index in [0.717, 1.165) is 18.7 Å². The normalized spacial score (nSPS) is 21.6. The molecule has 1 aliphatic heterocycles. The minimum Gasteiger partial charge on any atom is -0.478 e. The van der Waals surface area contributed by atoms with Gasteiger partial charge in [0, 0.05) is 13.1 Å². The standard InChI is InChI=1S/C15H20N2O3/c1-10-8-16-9-13(10)14(18)17-6-5-11-3-2-4-12(7-11)15(19)20/h2-4,7,10,13,16H,5-6,8-9H2,1H3,(H,17,18)(H,19,20)/t10-,13-/m1/s1. The summed E-state index contributed by atoms with van der Waals surface area (Å²) in [5, 5.41) is 15.0. The average molecular weight is 276 g/mol. The third kappa shape index (κ3) is 3.57. The second-order valence-electron chi connectivity index (χ2n) is 5.29. The van der Waals surface area contributed by atoms with Gasteiger partial charge in [0.1, 0.15) is 0 Å². The molecule has 1 saturated heterocycles. The van der Waals surface area contributed by atoms with Gasteiger partial charge >= 0.3 is 5.97 Å². The van der Waals surface area contributed by atoms with Crippen molar-refractivity contribution in [2.45, 2.75) is 13.3 Å². The average Bonchev–Trinajstić information content (AvgIpc) is 2.85. The van der Waals surface area contributed by atoms with Crippen LogP contribution in [-0.4, -0.2) is 36.6 Å². The largest absolute Gasteiger partial charge is 0.478 e. The Morgan fingerprint density at radius 3 is 2.85 bits per heavy atom. The van der Waals surface area contributed by atoms with Crippen molar-refractivity contribution in [2.75, 3.05) is 19.6 Å². The maximum Gasteiger partial charge on any atom is 0.335 e. The monoisotopic (exact) mass is 276 g/mol. The van der Waals surface area contributed by atoms with Crippen LogP contribution in [0.15, 0.2) is 24.3 Å². The molecule has 108 valence electrons. The Balaban J connectivity index is 1.82. The van der Waals surface area contributed by atoms with Crippen molar-refractivity contribution in [3.63, 3.8) is 0 Å². The molecule has 0 unspecified atom stereocenters. The molecule has 20 heavy (non-hydrogen) atoms. The van der Waals surface area contributed by atoms with Crippen LogP contribution in [-0.2, 0) is 11.2 Å². The molecule has 1 amide bonds. The van der Waals surface area contributed by atoms with E-state index in [9.17, 15) is 9.59 Å².